The first-order valence-corrected chi connectivity index (χ1v) is 9.19. The Morgan fingerprint density at radius 3 is 2.77 bits per heavy atom. The molecular weight excluding hydrogens is 326 g/mol. The van der Waals surface area contributed by atoms with E-state index in [4.69, 9.17) is 4.74 Å². The normalized spacial score (nSPS) is 21.1. The average molecular weight is 353 g/mol. The van der Waals surface area contributed by atoms with E-state index in [1.165, 1.54) is 5.56 Å². The van der Waals surface area contributed by atoms with E-state index in [0.717, 1.165) is 30.7 Å². The molecule has 1 saturated heterocycles. The topological polar surface area (TPSA) is 54.5 Å². The summed E-state index contributed by atoms with van der Waals surface area (Å²) in [7, 11) is 1.65. The summed E-state index contributed by atoms with van der Waals surface area (Å²) in [6.45, 7) is 4.90. The second-order valence-corrected chi connectivity index (χ2v) is 6.99. The van der Waals surface area contributed by atoms with Gasteiger partial charge in [0.1, 0.15) is 5.75 Å². The molecule has 1 aliphatic rings. The minimum Gasteiger partial charge on any atom is -0.497 e. The zero-order chi connectivity index (χ0) is 18.5. The maximum Gasteiger partial charge on any atom is 0.318 e. The quantitative estimate of drug-likeness (QED) is 0.899. The van der Waals surface area contributed by atoms with Gasteiger partial charge in [-0.15, -0.1) is 0 Å². The lowest BCUT2D eigenvalue weighted by molar-refractivity contribution is 0.148. The first-order chi connectivity index (χ1) is 12.6. The highest BCUT2D eigenvalue weighted by atomic mass is 16.5. The fourth-order valence-electron chi connectivity index (χ4n) is 3.67. The van der Waals surface area contributed by atoms with Gasteiger partial charge in [0, 0.05) is 25.0 Å². The molecule has 138 valence electrons. The highest BCUT2D eigenvalue weighted by Crippen LogP contribution is 2.31. The Morgan fingerprint density at radius 2 is 2.08 bits per heavy atom. The number of benzene rings is 1. The summed E-state index contributed by atoms with van der Waals surface area (Å²) in [5.74, 6) is 1.29. The van der Waals surface area contributed by atoms with Gasteiger partial charge in [-0.05, 0) is 68.0 Å². The van der Waals surface area contributed by atoms with Crippen LogP contribution in [0.5, 0.6) is 5.75 Å². The maximum absolute atomic E-state index is 12.8. The number of carbonyl (C=O) groups is 1. The third-order valence-electron chi connectivity index (χ3n) is 5.25. The molecule has 0 aliphatic carbocycles. The molecule has 5 heteroatoms. The number of likely N-dealkylation sites (tertiary alicyclic amines) is 1. The number of rotatable bonds is 4. The molecule has 1 fully saturated rings. The summed E-state index contributed by atoms with van der Waals surface area (Å²) in [5, 5.41) is 3.12. The van der Waals surface area contributed by atoms with Crippen molar-refractivity contribution >= 4 is 6.03 Å². The monoisotopic (exact) mass is 353 g/mol. The number of carbonyl (C=O) groups excluding carboxylic acids is 1. The summed E-state index contributed by atoms with van der Waals surface area (Å²) in [5.41, 5.74) is 2.36. The number of methoxy groups -OCH3 is 1. The minimum atomic E-state index is -0.0669. The fraction of sp³-hybridized carbons (Fsp3) is 0.429. The van der Waals surface area contributed by atoms with Crippen LogP contribution in [0, 0.1) is 0 Å². The van der Waals surface area contributed by atoms with Crippen molar-refractivity contribution in [1.82, 2.24) is 15.2 Å². The SMILES string of the molecule is COc1cccc([C@@H](C)NC(=O)N2CC[C@H](c3ccncc3)C[C@H]2C)c1. The molecule has 0 spiro atoms. The molecule has 5 nitrogen and oxygen atoms in total. The molecule has 2 aromatic rings. The van der Waals surface area contributed by atoms with Crippen LogP contribution in [-0.2, 0) is 0 Å². The van der Waals surface area contributed by atoms with Crippen LogP contribution < -0.4 is 10.1 Å². The standard InChI is InChI=1S/C21H27N3O2/c1-15-13-19(17-7-10-22-11-8-17)9-12-24(15)21(25)23-16(2)18-5-4-6-20(14-18)26-3/h4-8,10-11,14-16,19H,9,12-13H2,1-3H3,(H,23,25)/t15-,16-,19+/m1/s1. The lowest BCUT2D eigenvalue weighted by Crippen LogP contribution is -2.49. The van der Waals surface area contributed by atoms with Crippen molar-refractivity contribution in [3.8, 4) is 5.75 Å². The zero-order valence-corrected chi connectivity index (χ0v) is 15.7. The Bertz CT molecular complexity index is 735. The van der Waals surface area contributed by atoms with E-state index < -0.39 is 0 Å². The molecule has 0 radical (unpaired) electrons. The van der Waals surface area contributed by atoms with Crippen molar-refractivity contribution in [2.24, 2.45) is 0 Å². The average Bonchev–Trinajstić information content (AvgIpc) is 2.68. The number of piperidine rings is 1. The number of hydrogen-bond donors (Lipinski definition) is 1. The van der Waals surface area contributed by atoms with Crippen molar-refractivity contribution < 1.29 is 9.53 Å². The van der Waals surface area contributed by atoms with Crippen molar-refractivity contribution in [1.29, 1.82) is 0 Å². The Morgan fingerprint density at radius 1 is 1.31 bits per heavy atom. The van der Waals surface area contributed by atoms with E-state index in [0.29, 0.717) is 5.92 Å². The number of ether oxygens (including phenoxy) is 1. The van der Waals surface area contributed by atoms with Gasteiger partial charge in [0.25, 0.3) is 0 Å². The van der Waals surface area contributed by atoms with Gasteiger partial charge in [-0.3, -0.25) is 4.98 Å². The zero-order valence-electron chi connectivity index (χ0n) is 15.7. The molecule has 1 N–H and O–H groups in total. The second kappa shape index (κ2) is 8.21. The van der Waals surface area contributed by atoms with Crippen molar-refractivity contribution in [3.05, 3.63) is 59.9 Å². The first kappa shape index (κ1) is 18.2. The summed E-state index contributed by atoms with van der Waals surface area (Å²) >= 11 is 0. The van der Waals surface area contributed by atoms with E-state index in [1.54, 1.807) is 7.11 Å². The summed E-state index contributed by atoms with van der Waals surface area (Å²) < 4.78 is 5.27. The molecule has 26 heavy (non-hydrogen) atoms. The van der Waals surface area contributed by atoms with Crippen LogP contribution in [0.2, 0.25) is 0 Å². The lowest BCUT2D eigenvalue weighted by atomic mass is 9.86. The molecule has 0 unspecified atom stereocenters. The van der Waals surface area contributed by atoms with Gasteiger partial charge in [0.2, 0.25) is 0 Å². The number of nitrogens with one attached hydrogen (secondary N) is 1. The highest BCUT2D eigenvalue weighted by molar-refractivity contribution is 5.75. The van der Waals surface area contributed by atoms with Gasteiger partial charge in [-0.25, -0.2) is 4.79 Å². The summed E-state index contributed by atoms with van der Waals surface area (Å²) in [6.07, 6.45) is 5.64. The van der Waals surface area contributed by atoms with Crippen LogP contribution in [0.1, 0.15) is 49.8 Å². The molecule has 3 atom stereocenters. The molecule has 1 aromatic carbocycles. The van der Waals surface area contributed by atoms with E-state index in [1.807, 2.05) is 48.5 Å². The molecule has 0 saturated carbocycles. The van der Waals surface area contributed by atoms with Crippen LogP contribution >= 0.6 is 0 Å². The van der Waals surface area contributed by atoms with Gasteiger partial charge in [0.05, 0.1) is 13.2 Å². The summed E-state index contributed by atoms with van der Waals surface area (Å²) in [4.78, 5) is 18.8. The van der Waals surface area contributed by atoms with Gasteiger partial charge in [-0.2, -0.15) is 0 Å². The van der Waals surface area contributed by atoms with Gasteiger partial charge >= 0.3 is 6.03 Å². The van der Waals surface area contributed by atoms with Gasteiger partial charge < -0.3 is 15.0 Å². The van der Waals surface area contributed by atoms with E-state index in [-0.39, 0.29) is 18.1 Å². The van der Waals surface area contributed by atoms with Gasteiger partial charge in [0.15, 0.2) is 0 Å². The second-order valence-electron chi connectivity index (χ2n) is 6.99. The predicted molar refractivity (Wildman–Crippen MR) is 102 cm³/mol. The molecule has 3 rings (SSSR count). The van der Waals surface area contributed by atoms with Crippen molar-refractivity contribution in [2.75, 3.05) is 13.7 Å². The van der Waals surface area contributed by atoms with Crippen LogP contribution in [0.25, 0.3) is 0 Å². The van der Waals surface area contributed by atoms with E-state index in [9.17, 15) is 4.79 Å². The number of amides is 2. The molecule has 2 heterocycles. The number of urea groups is 1. The maximum atomic E-state index is 12.8. The highest BCUT2D eigenvalue weighted by Gasteiger charge is 2.30. The Labute approximate surface area is 155 Å². The molecule has 2 amide bonds. The molecule has 1 aromatic heterocycles. The largest absolute Gasteiger partial charge is 0.497 e. The van der Waals surface area contributed by atoms with Crippen LogP contribution in [-0.4, -0.2) is 35.6 Å². The third-order valence-corrected chi connectivity index (χ3v) is 5.25. The lowest BCUT2D eigenvalue weighted by Gasteiger charge is -2.38. The molecule has 1 aliphatic heterocycles. The minimum absolute atomic E-state index is 0.000924. The van der Waals surface area contributed by atoms with Crippen LogP contribution in [0.3, 0.4) is 0 Å². The third kappa shape index (κ3) is 4.15. The van der Waals surface area contributed by atoms with Gasteiger partial charge in [-0.1, -0.05) is 12.1 Å². The predicted octanol–water partition coefficient (Wildman–Crippen LogP) is 4.13. The number of nitrogens with zero attached hydrogens (tertiary/aromatic N) is 2. The van der Waals surface area contributed by atoms with Crippen molar-refractivity contribution in [2.45, 2.75) is 44.7 Å². The Balaban J connectivity index is 1.60. The number of pyridine rings is 1. The molecule has 0 bridgehead atoms. The van der Waals surface area contributed by atoms with Crippen molar-refractivity contribution in [3.63, 3.8) is 0 Å². The van der Waals surface area contributed by atoms with E-state index >= 15 is 0 Å². The van der Waals surface area contributed by atoms with Crippen LogP contribution in [0.4, 0.5) is 4.79 Å². The molecular formula is C21H27N3O2. The first-order valence-electron chi connectivity index (χ1n) is 9.19. The number of aromatic nitrogens is 1. The smallest absolute Gasteiger partial charge is 0.318 e. The van der Waals surface area contributed by atoms with E-state index in [2.05, 4.69) is 29.4 Å². The number of hydrogen-bond acceptors (Lipinski definition) is 3. The Kier molecular flexibility index (Phi) is 5.76. The Hall–Kier alpha value is -2.56. The fourth-order valence-corrected chi connectivity index (χ4v) is 3.67. The van der Waals surface area contributed by atoms with Crippen LogP contribution in [0.15, 0.2) is 48.8 Å². The summed E-state index contributed by atoms with van der Waals surface area (Å²) in [6, 6.07) is 12.1.